The summed E-state index contributed by atoms with van der Waals surface area (Å²) in [6.45, 7) is 4.90. The maximum Gasteiger partial charge on any atom is 0.263 e. The molecule has 1 fully saturated rings. The van der Waals surface area contributed by atoms with Crippen LogP contribution >= 0.6 is 0 Å². The zero-order chi connectivity index (χ0) is 14.6. The highest BCUT2D eigenvalue weighted by molar-refractivity contribution is 5.80. The quantitative estimate of drug-likeness (QED) is 0.921. The summed E-state index contributed by atoms with van der Waals surface area (Å²) in [5, 5.41) is 10.1. The van der Waals surface area contributed by atoms with Crippen LogP contribution in [0.15, 0.2) is 30.3 Å². The Bertz CT molecular complexity index is 444. The summed E-state index contributed by atoms with van der Waals surface area (Å²) in [7, 11) is 0. The summed E-state index contributed by atoms with van der Waals surface area (Å²) in [5.41, 5.74) is -0.654. The molecular weight excluding hydrogens is 254 g/mol. The van der Waals surface area contributed by atoms with Gasteiger partial charge in [0.25, 0.3) is 5.91 Å². The van der Waals surface area contributed by atoms with Crippen molar-refractivity contribution in [3.05, 3.63) is 30.3 Å². The molecule has 0 aliphatic carbocycles. The molecule has 1 aromatic carbocycles. The largest absolute Gasteiger partial charge is 0.481 e. The lowest BCUT2D eigenvalue weighted by Gasteiger charge is -2.25. The lowest BCUT2D eigenvalue weighted by molar-refractivity contribution is -0.138. The van der Waals surface area contributed by atoms with E-state index in [9.17, 15) is 9.90 Å². The fraction of sp³-hybridized carbons (Fsp3) is 0.562. The van der Waals surface area contributed by atoms with Gasteiger partial charge in [0, 0.05) is 13.1 Å². The van der Waals surface area contributed by atoms with Crippen molar-refractivity contribution in [1.29, 1.82) is 0 Å². The third kappa shape index (κ3) is 3.97. The number of hydrogen-bond acceptors (Lipinski definition) is 3. The van der Waals surface area contributed by atoms with Gasteiger partial charge in [0.1, 0.15) is 5.75 Å². The first-order valence-electron chi connectivity index (χ1n) is 7.21. The molecule has 0 saturated carbocycles. The maximum atomic E-state index is 12.4. The van der Waals surface area contributed by atoms with Gasteiger partial charge < -0.3 is 14.7 Å². The summed E-state index contributed by atoms with van der Waals surface area (Å²) < 4.78 is 5.67. The predicted octanol–water partition coefficient (Wildman–Crippen LogP) is 2.22. The van der Waals surface area contributed by atoms with Crippen molar-refractivity contribution in [2.45, 2.75) is 44.8 Å². The third-order valence-electron chi connectivity index (χ3n) is 3.78. The van der Waals surface area contributed by atoms with Crippen molar-refractivity contribution in [3.63, 3.8) is 0 Å². The number of amides is 1. The first kappa shape index (κ1) is 14.9. The van der Waals surface area contributed by atoms with Gasteiger partial charge in [-0.05, 0) is 45.2 Å². The molecule has 1 N–H and O–H groups in total. The molecule has 1 aliphatic rings. The van der Waals surface area contributed by atoms with Crippen LogP contribution in [0.3, 0.4) is 0 Å². The Kier molecular flexibility index (Phi) is 4.65. The minimum Gasteiger partial charge on any atom is -0.481 e. The van der Waals surface area contributed by atoms with Crippen LogP contribution in [0.1, 0.15) is 33.1 Å². The Morgan fingerprint density at radius 1 is 1.30 bits per heavy atom. The summed E-state index contributed by atoms with van der Waals surface area (Å²) in [6, 6.07) is 9.37. The second kappa shape index (κ2) is 6.27. The van der Waals surface area contributed by atoms with Gasteiger partial charge in [0.05, 0.1) is 5.60 Å². The van der Waals surface area contributed by atoms with Crippen molar-refractivity contribution < 1.29 is 14.6 Å². The Morgan fingerprint density at radius 2 is 2.00 bits per heavy atom. The molecule has 2 unspecified atom stereocenters. The van der Waals surface area contributed by atoms with E-state index in [1.54, 1.807) is 11.8 Å². The number of benzene rings is 1. The van der Waals surface area contributed by atoms with Crippen LogP contribution in [0.4, 0.5) is 0 Å². The van der Waals surface area contributed by atoms with Crippen LogP contribution < -0.4 is 4.74 Å². The van der Waals surface area contributed by atoms with Crippen LogP contribution in [0.2, 0.25) is 0 Å². The Labute approximate surface area is 120 Å². The van der Waals surface area contributed by atoms with E-state index in [0.717, 1.165) is 12.8 Å². The van der Waals surface area contributed by atoms with Gasteiger partial charge in [-0.15, -0.1) is 0 Å². The first-order chi connectivity index (χ1) is 9.48. The highest BCUT2D eigenvalue weighted by Gasteiger charge is 2.29. The molecular formula is C16H23NO3. The number of ether oxygens (including phenoxy) is 1. The average Bonchev–Trinajstić information content (AvgIpc) is 2.60. The predicted molar refractivity (Wildman–Crippen MR) is 77.6 cm³/mol. The van der Waals surface area contributed by atoms with Gasteiger partial charge in [0.2, 0.25) is 0 Å². The molecule has 1 aliphatic heterocycles. The number of rotatable bonds is 3. The Balaban J connectivity index is 1.93. The summed E-state index contributed by atoms with van der Waals surface area (Å²) in [5.74, 6) is 0.696. The number of likely N-dealkylation sites (tertiary alicyclic amines) is 1. The average molecular weight is 277 g/mol. The molecule has 0 radical (unpaired) electrons. The molecule has 110 valence electrons. The Hall–Kier alpha value is -1.55. The van der Waals surface area contributed by atoms with Crippen molar-refractivity contribution in [2.75, 3.05) is 13.1 Å². The molecule has 2 atom stereocenters. The van der Waals surface area contributed by atoms with Gasteiger partial charge in [-0.25, -0.2) is 0 Å². The van der Waals surface area contributed by atoms with Crippen LogP contribution in [-0.2, 0) is 4.79 Å². The second-order valence-corrected chi connectivity index (χ2v) is 5.75. The van der Waals surface area contributed by atoms with E-state index in [4.69, 9.17) is 4.74 Å². The normalized spacial score (nSPS) is 24.9. The second-order valence-electron chi connectivity index (χ2n) is 5.75. The lowest BCUT2D eigenvalue weighted by atomic mass is 9.98. The zero-order valence-corrected chi connectivity index (χ0v) is 12.2. The van der Waals surface area contributed by atoms with Gasteiger partial charge in [-0.1, -0.05) is 18.2 Å². The fourth-order valence-corrected chi connectivity index (χ4v) is 2.49. The molecule has 1 saturated heterocycles. The van der Waals surface area contributed by atoms with E-state index in [2.05, 4.69) is 0 Å². The van der Waals surface area contributed by atoms with Crippen molar-refractivity contribution in [3.8, 4) is 5.75 Å². The number of aliphatic hydroxyl groups is 1. The van der Waals surface area contributed by atoms with E-state index in [1.165, 1.54) is 0 Å². The highest BCUT2D eigenvalue weighted by atomic mass is 16.5. The minimum absolute atomic E-state index is 0.00782. The zero-order valence-electron chi connectivity index (χ0n) is 12.2. The van der Waals surface area contributed by atoms with Gasteiger partial charge in [-0.3, -0.25) is 4.79 Å². The van der Waals surface area contributed by atoms with Crippen LogP contribution in [0.25, 0.3) is 0 Å². The monoisotopic (exact) mass is 277 g/mol. The van der Waals surface area contributed by atoms with E-state index in [1.807, 2.05) is 37.3 Å². The van der Waals surface area contributed by atoms with Crippen LogP contribution in [0, 0.1) is 0 Å². The molecule has 4 nitrogen and oxygen atoms in total. The Morgan fingerprint density at radius 3 is 2.70 bits per heavy atom. The van der Waals surface area contributed by atoms with E-state index in [0.29, 0.717) is 25.3 Å². The first-order valence-corrected chi connectivity index (χ1v) is 7.21. The molecule has 20 heavy (non-hydrogen) atoms. The molecule has 0 aromatic heterocycles. The topological polar surface area (TPSA) is 49.8 Å². The maximum absolute atomic E-state index is 12.4. The molecule has 1 heterocycles. The third-order valence-corrected chi connectivity index (χ3v) is 3.78. The molecule has 0 bridgehead atoms. The van der Waals surface area contributed by atoms with Crippen LogP contribution in [-0.4, -0.2) is 40.7 Å². The van der Waals surface area contributed by atoms with Gasteiger partial charge in [-0.2, -0.15) is 0 Å². The van der Waals surface area contributed by atoms with Crippen LogP contribution in [0.5, 0.6) is 5.75 Å². The number of carbonyl (C=O) groups is 1. The van der Waals surface area contributed by atoms with Gasteiger partial charge in [0.15, 0.2) is 6.10 Å². The lowest BCUT2D eigenvalue weighted by Crippen LogP contribution is -2.41. The van der Waals surface area contributed by atoms with E-state index in [-0.39, 0.29) is 5.91 Å². The van der Waals surface area contributed by atoms with E-state index >= 15 is 0 Å². The molecule has 2 rings (SSSR count). The number of nitrogens with zero attached hydrogens (tertiary/aromatic N) is 1. The number of para-hydroxylation sites is 1. The van der Waals surface area contributed by atoms with Gasteiger partial charge >= 0.3 is 0 Å². The molecule has 4 heteroatoms. The molecule has 0 spiro atoms. The summed E-state index contributed by atoms with van der Waals surface area (Å²) in [6.07, 6.45) is 1.69. The summed E-state index contributed by atoms with van der Waals surface area (Å²) >= 11 is 0. The standard InChI is InChI=1S/C16H23NO3/c1-13(20-14-7-4-3-5-8-14)15(18)17-11-6-9-16(2,19)10-12-17/h3-5,7-8,13,19H,6,9-12H2,1-2H3. The van der Waals surface area contributed by atoms with Crippen molar-refractivity contribution in [2.24, 2.45) is 0 Å². The van der Waals surface area contributed by atoms with Crippen molar-refractivity contribution >= 4 is 5.91 Å². The van der Waals surface area contributed by atoms with E-state index < -0.39 is 11.7 Å². The molecule has 1 aromatic rings. The smallest absolute Gasteiger partial charge is 0.263 e. The number of hydrogen-bond donors (Lipinski definition) is 1. The minimum atomic E-state index is -0.654. The number of carbonyl (C=O) groups excluding carboxylic acids is 1. The fourth-order valence-electron chi connectivity index (χ4n) is 2.49. The SMILES string of the molecule is CC(Oc1ccccc1)C(=O)N1CCCC(C)(O)CC1. The molecule has 1 amide bonds. The van der Waals surface area contributed by atoms with Crippen molar-refractivity contribution in [1.82, 2.24) is 4.90 Å². The summed E-state index contributed by atoms with van der Waals surface area (Å²) in [4.78, 5) is 14.2. The highest BCUT2D eigenvalue weighted by Crippen LogP contribution is 2.22.